The first-order valence-corrected chi connectivity index (χ1v) is 7.47. The smallest absolute Gasteiger partial charge is 0.160 e. The van der Waals surface area contributed by atoms with Gasteiger partial charge in [0, 0.05) is 6.04 Å². The van der Waals surface area contributed by atoms with Crippen molar-refractivity contribution < 1.29 is 14.6 Å². The first kappa shape index (κ1) is 14.7. The first-order chi connectivity index (χ1) is 10.7. The average Bonchev–Trinajstić information content (AvgIpc) is 2.55. The lowest BCUT2D eigenvalue weighted by molar-refractivity contribution is 0.370. The molecule has 4 heteroatoms. The highest BCUT2D eigenvalue weighted by molar-refractivity contribution is 5.49. The SMILES string of the molecule is COc1ccc(CC2NCCc3cc(O)c(OC)cc32)cc1. The van der Waals surface area contributed by atoms with Crippen LogP contribution in [0.2, 0.25) is 0 Å². The minimum atomic E-state index is 0.214. The van der Waals surface area contributed by atoms with E-state index in [4.69, 9.17) is 9.47 Å². The number of hydrogen-bond donors (Lipinski definition) is 2. The van der Waals surface area contributed by atoms with E-state index in [1.807, 2.05) is 24.3 Å². The number of hydrogen-bond acceptors (Lipinski definition) is 4. The molecule has 0 saturated heterocycles. The number of fused-ring (bicyclic) bond motifs is 1. The molecule has 1 aliphatic heterocycles. The predicted molar refractivity (Wildman–Crippen MR) is 85.8 cm³/mol. The summed E-state index contributed by atoms with van der Waals surface area (Å²) >= 11 is 0. The molecule has 0 bridgehead atoms. The van der Waals surface area contributed by atoms with Gasteiger partial charge in [0.25, 0.3) is 0 Å². The van der Waals surface area contributed by atoms with E-state index in [1.165, 1.54) is 16.7 Å². The Bertz CT molecular complexity index is 652. The van der Waals surface area contributed by atoms with Gasteiger partial charge in [-0.1, -0.05) is 12.1 Å². The molecular weight excluding hydrogens is 278 g/mol. The highest BCUT2D eigenvalue weighted by Crippen LogP contribution is 2.35. The van der Waals surface area contributed by atoms with Crippen molar-refractivity contribution in [2.24, 2.45) is 0 Å². The fourth-order valence-electron chi connectivity index (χ4n) is 3.00. The van der Waals surface area contributed by atoms with E-state index in [-0.39, 0.29) is 11.8 Å². The van der Waals surface area contributed by atoms with E-state index in [0.717, 1.165) is 25.1 Å². The second-order valence-corrected chi connectivity index (χ2v) is 5.53. The van der Waals surface area contributed by atoms with E-state index in [0.29, 0.717) is 5.75 Å². The molecule has 0 amide bonds. The number of phenolic OH excluding ortho intramolecular Hbond substituents is 1. The lowest BCUT2D eigenvalue weighted by Gasteiger charge is -2.28. The molecule has 0 saturated carbocycles. The molecule has 1 atom stereocenters. The molecule has 0 aromatic heterocycles. The van der Waals surface area contributed by atoms with E-state index in [1.54, 1.807) is 14.2 Å². The third kappa shape index (κ3) is 2.88. The van der Waals surface area contributed by atoms with Crippen molar-refractivity contribution in [1.29, 1.82) is 0 Å². The summed E-state index contributed by atoms with van der Waals surface area (Å²) in [5.74, 6) is 1.61. The van der Waals surface area contributed by atoms with Crippen LogP contribution in [0.1, 0.15) is 22.7 Å². The summed E-state index contributed by atoms with van der Waals surface area (Å²) in [6.45, 7) is 0.916. The van der Waals surface area contributed by atoms with Gasteiger partial charge in [-0.15, -0.1) is 0 Å². The van der Waals surface area contributed by atoms with E-state index < -0.39 is 0 Å². The van der Waals surface area contributed by atoms with Crippen LogP contribution in [-0.2, 0) is 12.8 Å². The van der Waals surface area contributed by atoms with Crippen LogP contribution in [0.3, 0.4) is 0 Å². The zero-order valence-electron chi connectivity index (χ0n) is 12.9. The number of phenols is 1. The Morgan fingerprint density at radius 3 is 2.59 bits per heavy atom. The number of aromatic hydroxyl groups is 1. The first-order valence-electron chi connectivity index (χ1n) is 7.47. The number of nitrogens with one attached hydrogen (secondary N) is 1. The van der Waals surface area contributed by atoms with Gasteiger partial charge in [0.15, 0.2) is 11.5 Å². The average molecular weight is 299 g/mol. The molecule has 0 fully saturated rings. The van der Waals surface area contributed by atoms with Gasteiger partial charge in [0.2, 0.25) is 0 Å². The van der Waals surface area contributed by atoms with Crippen LogP contribution in [0.25, 0.3) is 0 Å². The number of benzene rings is 2. The molecule has 0 radical (unpaired) electrons. The summed E-state index contributed by atoms with van der Waals surface area (Å²) in [5, 5.41) is 13.5. The fourth-order valence-corrected chi connectivity index (χ4v) is 3.00. The second kappa shape index (κ2) is 6.28. The van der Waals surface area contributed by atoms with Crippen molar-refractivity contribution in [3.8, 4) is 17.2 Å². The summed E-state index contributed by atoms with van der Waals surface area (Å²) in [4.78, 5) is 0. The van der Waals surface area contributed by atoms with Gasteiger partial charge in [-0.05, 0) is 60.3 Å². The Kier molecular flexibility index (Phi) is 4.20. The lowest BCUT2D eigenvalue weighted by atomic mass is 9.90. The number of rotatable bonds is 4. The zero-order valence-corrected chi connectivity index (χ0v) is 12.9. The van der Waals surface area contributed by atoms with Gasteiger partial charge in [-0.3, -0.25) is 0 Å². The van der Waals surface area contributed by atoms with Gasteiger partial charge in [-0.25, -0.2) is 0 Å². The summed E-state index contributed by atoms with van der Waals surface area (Å²) in [6.07, 6.45) is 1.82. The number of methoxy groups -OCH3 is 2. The molecular formula is C18H21NO3. The Labute approximate surface area is 130 Å². The Morgan fingerprint density at radius 1 is 1.14 bits per heavy atom. The standard InChI is InChI=1S/C18H21NO3/c1-21-14-5-3-12(4-6-14)9-16-15-11-18(22-2)17(20)10-13(15)7-8-19-16/h3-6,10-11,16,19-20H,7-9H2,1-2H3. The van der Waals surface area contributed by atoms with Crippen molar-refractivity contribution >= 4 is 0 Å². The zero-order chi connectivity index (χ0) is 15.5. The van der Waals surface area contributed by atoms with Crippen LogP contribution in [0.15, 0.2) is 36.4 Å². The molecule has 4 nitrogen and oxygen atoms in total. The quantitative estimate of drug-likeness (QED) is 0.911. The number of ether oxygens (including phenoxy) is 2. The van der Waals surface area contributed by atoms with E-state index in [2.05, 4.69) is 17.4 Å². The van der Waals surface area contributed by atoms with Crippen LogP contribution in [0, 0.1) is 0 Å². The molecule has 2 aromatic rings. The van der Waals surface area contributed by atoms with Crippen LogP contribution >= 0.6 is 0 Å². The molecule has 116 valence electrons. The Hall–Kier alpha value is -2.20. The lowest BCUT2D eigenvalue weighted by Crippen LogP contribution is -2.31. The third-order valence-corrected chi connectivity index (χ3v) is 4.20. The normalized spacial score (nSPS) is 16.9. The molecule has 0 aliphatic carbocycles. The summed E-state index contributed by atoms with van der Waals surface area (Å²) < 4.78 is 10.4. The topological polar surface area (TPSA) is 50.7 Å². The van der Waals surface area contributed by atoms with Crippen LogP contribution in [-0.4, -0.2) is 25.9 Å². The fraction of sp³-hybridized carbons (Fsp3) is 0.333. The van der Waals surface area contributed by atoms with Crippen molar-refractivity contribution in [3.63, 3.8) is 0 Å². The van der Waals surface area contributed by atoms with Crippen LogP contribution < -0.4 is 14.8 Å². The maximum absolute atomic E-state index is 9.94. The highest BCUT2D eigenvalue weighted by Gasteiger charge is 2.22. The molecule has 2 aromatic carbocycles. The van der Waals surface area contributed by atoms with Gasteiger partial charge < -0.3 is 19.9 Å². The Morgan fingerprint density at radius 2 is 1.91 bits per heavy atom. The molecule has 1 unspecified atom stereocenters. The van der Waals surface area contributed by atoms with Gasteiger partial charge in [-0.2, -0.15) is 0 Å². The van der Waals surface area contributed by atoms with Crippen molar-refractivity contribution in [1.82, 2.24) is 5.32 Å². The van der Waals surface area contributed by atoms with Crippen molar-refractivity contribution in [3.05, 3.63) is 53.1 Å². The molecule has 22 heavy (non-hydrogen) atoms. The molecule has 1 heterocycles. The van der Waals surface area contributed by atoms with Crippen molar-refractivity contribution in [2.75, 3.05) is 20.8 Å². The maximum atomic E-state index is 9.94. The maximum Gasteiger partial charge on any atom is 0.160 e. The largest absolute Gasteiger partial charge is 0.504 e. The monoisotopic (exact) mass is 299 g/mol. The molecule has 3 rings (SSSR count). The van der Waals surface area contributed by atoms with E-state index in [9.17, 15) is 5.11 Å². The molecule has 0 spiro atoms. The van der Waals surface area contributed by atoms with Crippen LogP contribution in [0.4, 0.5) is 0 Å². The van der Waals surface area contributed by atoms with Crippen molar-refractivity contribution in [2.45, 2.75) is 18.9 Å². The van der Waals surface area contributed by atoms with Gasteiger partial charge >= 0.3 is 0 Å². The van der Waals surface area contributed by atoms with Crippen LogP contribution in [0.5, 0.6) is 17.2 Å². The second-order valence-electron chi connectivity index (χ2n) is 5.53. The summed E-state index contributed by atoms with van der Waals surface area (Å²) in [7, 11) is 3.25. The molecule has 1 aliphatic rings. The minimum Gasteiger partial charge on any atom is -0.504 e. The van der Waals surface area contributed by atoms with Gasteiger partial charge in [0.05, 0.1) is 14.2 Å². The summed E-state index contributed by atoms with van der Waals surface area (Å²) in [5.41, 5.74) is 3.64. The molecule has 2 N–H and O–H groups in total. The van der Waals surface area contributed by atoms with Gasteiger partial charge in [0.1, 0.15) is 5.75 Å². The minimum absolute atomic E-state index is 0.214. The Balaban J connectivity index is 1.87. The van der Waals surface area contributed by atoms with E-state index >= 15 is 0 Å². The predicted octanol–water partition coefficient (Wildman–Crippen LogP) is 2.84. The third-order valence-electron chi connectivity index (χ3n) is 4.20. The highest BCUT2D eigenvalue weighted by atomic mass is 16.5. The summed E-state index contributed by atoms with van der Waals surface area (Å²) in [6, 6.07) is 12.2.